The smallest absolute Gasteiger partial charge is 0.266 e. The van der Waals surface area contributed by atoms with Gasteiger partial charge in [0.2, 0.25) is 0 Å². The van der Waals surface area contributed by atoms with Crippen molar-refractivity contribution >= 4 is 17.7 Å². The van der Waals surface area contributed by atoms with Gasteiger partial charge in [-0.1, -0.05) is 6.07 Å². The van der Waals surface area contributed by atoms with E-state index in [-0.39, 0.29) is 5.57 Å². The molecule has 2 aromatic rings. The molecule has 4 rings (SSSR count). The minimum Gasteiger partial charge on any atom is -0.486 e. The van der Waals surface area contributed by atoms with Gasteiger partial charge in [0, 0.05) is 11.8 Å². The SMILES string of the molecule is N#C/C(=C\c1ccc2c(c1)OCCO2)C(=O)Nc1ccc2c(c1)OCCO2. The molecule has 0 saturated carbocycles. The van der Waals surface area contributed by atoms with E-state index in [4.69, 9.17) is 18.9 Å². The summed E-state index contributed by atoms with van der Waals surface area (Å²) in [7, 11) is 0. The zero-order valence-corrected chi connectivity index (χ0v) is 14.4. The fourth-order valence-electron chi connectivity index (χ4n) is 2.78. The van der Waals surface area contributed by atoms with Gasteiger partial charge in [-0.15, -0.1) is 0 Å². The molecule has 2 aromatic carbocycles. The van der Waals surface area contributed by atoms with Crippen LogP contribution in [0, 0.1) is 11.3 Å². The van der Waals surface area contributed by atoms with Crippen LogP contribution in [0.2, 0.25) is 0 Å². The van der Waals surface area contributed by atoms with Gasteiger partial charge < -0.3 is 24.3 Å². The minimum absolute atomic E-state index is 0.0263. The van der Waals surface area contributed by atoms with Crippen molar-refractivity contribution in [2.45, 2.75) is 0 Å². The molecule has 0 fully saturated rings. The van der Waals surface area contributed by atoms with Gasteiger partial charge in [-0.3, -0.25) is 4.79 Å². The van der Waals surface area contributed by atoms with E-state index in [1.54, 1.807) is 36.4 Å². The molecule has 2 aliphatic rings. The van der Waals surface area contributed by atoms with Gasteiger partial charge in [-0.25, -0.2) is 0 Å². The molecule has 0 spiro atoms. The fourth-order valence-corrected chi connectivity index (χ4v) is 2.78. The van der Waals surface area contributed by atoms with Crippen LogP contribution in [-0.2, 0) is 4.79 Å². The third kappa shape index (κ3) is 3.65. The molecule has 27 heavy (non-hydrogen) atoms. The number of fused-ring (bicyclic) bond motifs is 2. The van der Waals surface area contributed by atoms with Crippen LogP contribution in [0.25, 0.3) is 6.08 Å². The first-order chi connectivity index (χ1) is 13.2. The number of nitrogens with zero attached hydrogens (tertiary/aromatic N) is 1. The maximum atomic E-state index is 12.5. The number of ether oxygens (including phenoxy) is 4. The fraction of sp³-hybridized carbons (Fsp3) is 0.200. The lowest BCUT2D eigenvalue weighted by Crippen LogP contribution is -2.17. The first-order valence-electron chi connectivity index (χ1n) is 8.45. The molecule has 1 amide bonds. The van der Waals surface area contributed by atoms with E-state index in [1.807, 2.05) is 6.07 Å². The number of carbonyl (C=O) groups is 1. The predicted molar refractivity (Wildman–Crippen MR) is 97.1 cm³/mol. The molecular weight excluding hydrogens is 348 g/mol. The van der Waals surface area contributed by atoms with Crippen LogP contribution in [0.5, 0.6) is 23.0 Å². The van der Waals surface area contributed by atoms with E-state index < -0.39 is 5.91 Å². The van der Waals surface area contributed by atoms with Gasteiger partial charge in [0.05, 0.1) is 0 Å². The highest BCUT2D eigenvalue weighted by molar-refractivity contribution is 6.09. The summed E-state index contributed by atoms with van der Waals surface area (Å²) < 4.78 is 21.9. The summed E-state index contributed by atoms with van der Waals surface area (Å²) in [4.78, 5) is 12.5. The quantitative estimate of drug-likeness (QED) is 0.665. The van der Waals surface area contributed by atoms with Crippen LogP contribution in [0.4, 0.5) is 5.69 Å². The summed E-state index contributed by atoms with van der Waals surface area (Å²) in [6.45, 7) is 1.92. The molecular formula is C20H16N2O5. The number of benzene rings is 2. The number of rotatable bonds is 3. The first-order valence-corrected chi connectivity index (χ1v) is 8.45. The summed E-state index contributed by atoms with van der Waals surface area (Å²) >= 11 is 0. The number of nitriles is 1. The van der Waals surface area contributed by atoms with Crippen LogP contribution < -0.4 is 24.3 Å². The van der Waals surface area contributed by atoms with E-state index in [9.17, 15) is 10.1 Å². The highest BCUT2D eigenvalue weighted by Crippen LogP contribution is 2.33. The molecule has 2 heterocycles. The number of carbonyl (C=O) groups excluding carboxylic acids is 1. The van der Waals surface area contributed by atoms with Crippen LogP contribution in [0.3, 0.4) is 0 Å². The molecule has 0 aliphatic carbocycles. The van der Waals surface area contributed by atoms with Crippen molar-refractivity contribution in [1.29, 1.82) is 5.26 Å². The number of anilines is 1. The maximum Gasteiger partial charge on any atom is 0.266 e. The first kappa shape index (κ1) is 16.8. The molecule has 0 bridgehead atoms. The van der Waals surface area contributed by atoms with Gasteiger partial charge in [-0.2, -0.15) is 5.26 Å². The second-order valence-electron chi connectivity index (χ2n) is 5.89. The Labute approximate surface area is 155 Å². The summed E-state index contributed by atoms with van der Waals surface area (Å²) in [5.41, 5.74) is 1.17. The molecule has 136 valence electrons. The second kappa shape index (κ2) is 7.30. The van der Waals surface area contributed by atoms with E-state index in [2.05, 4.69) is 5.32 Å². The predicted octanol–water partition coefficient (Wildman–Crippen LogP) is 2.77. The Morgan fingerprint density at radius 1 is 0.889 bits per heavy atom. The summed E-state index contributed by atoms with van der Waals surface area (Å²) in [5, 5.41) is 12.1. The molecule has 0 unspecified atom stereocenters. The Balaban J connectivity index is 1.53. The van der Waals surface area contributed by atoms with Gasteiger partial charge in [-0.05, 0) is 35.9 Å². The lowest BCUT2D eigenvalue weighted by molar-refractivity contribution is -0.112. The van der Waals surface area contributed by atoms with Gasteiger partial charge >= 0.3 is 0 Å². The zero-order chi connectivity index (χ0) is 18.6. The highest BCUT2D eigenvalue weighted by atomic mass is 16.6. The zero-order valence-electron chi connectivity index (χ0n) is 14.4. The standard InChI is InChI=1S/C20H16N2O5/c21-12-14(9-13-1-3-16-18(10-13)26-7-5-24-16)20(23)22-15-2-4-17-19(11-15)27-8-6-25-17/h1-4,9-11H,5-8H2,(H,22,23)/b14-9+. The normalized spacial score (nSPS) is 14.9. The van der Waals surface area contributed by atoms with Crippen molar-refractivity contribution < 1.29 is 23.7 Å². The monoisotopic (exact) mass is 364 g/mol. The van der Waals surface area contributed by atoms with Crippen molar-refractivity contribution in [3.63, 3.8) is 0 Å². The lowest BCUT2D eigenvalue weighted by Gasteiger charge is -2.19. The molecule has 7 heteroatoms. The van der Waals surface area contributed by atoms with Crippen molar-refractivity contribution in [2.75, 3.05) is 31.7 Å². The average Bonchev–Trinajstić information content (AvgIpc) is 2.71. The van der Waals surface area contributed by atoms with Crippen LogP contribution >= 0.6 is 0 Å². The topological polar surface area (TPSA) is 89.8 Å². The van der Waals surface area contributed by atoms with Gasteiger partial charge in [0.25, 0.3) is 5.91 Å². The minimum atomic E-state index is -0.510. The second-order valence-corrected chi connectivity index (χ2v) is 5.89. The Morgan fingerprint density at radius 2 is 1.48 bits per heavy atom. The molecule has 7 nitrogen and oxygen atoms in total. The Hall–Kier alpha value is -3.66. The summed E-state index contributed by atoms with van der Waals surface area (Å²) in [6.07, 6.45) is 1.51. The van der Waals surface area contributed by atoms with Gasteiger partial charge in [0.1, 0.15) is 38.1 Å². The number of nitrogens with one attached hydrogen (secondary N) is 1. The average molecular weight is 364 g/mol. The third-order valence-corrected chi connectivity index (χ3v) is 4.04. The maximum absolute atomic E-state index is 12.5. The molecule has 1 N–H and O–H groups in total. The van der Waals surface area contributed by atoms with Crippen LogP contribution in [-0.4, -0.2) is 32.3 Å². The van der Waals surface area contributed by atoms with Crippen LogP contribution in [0.15, 0.2) is 42.0 Å². The number of hydrogen-bond donors (Lipinski definition) is 1. The molecule has 0 radical (unpaired) electrons. The van der Waals surface area contributed by atoms with Gasteiger partial charge in [0.15, 0.2) is 23.0 Å². The molecule has 2 aliphatic heterocycles. The third-order valence-electron chi connectivity index (χ3n) is 4.04. The highest BCUT2D eigenvalue weighted by Gasteiger charge is 2.16. The van der Waals surface area contributed by atoms with Crippen molar-refractivity contribution in [2.24, 2.45) is 0 Å². The molecule has 0 aromatic heterocycles. The Bertz CT molecular complexity index is 961. The summed E-state index contributed by atoms with van der Waals surface area (Å²) in [5.74, 6) is 1.93. The van der Waals surface area contributed by atoms with E-state index in [0.717, 1.165) is 0 Å². The molecule has 0 atom stereocenters. The largest absolute Gasteiger partial charge is 0.486 e. The Kier molecular flexibility index (Phi) is 4.54. The van der Waals surface area contributed by atoms with Crippen molar-refractivity contribution in [3.8, 4) is 29.1 Å². The van der Waals surface area contributed by atoms with E-state index in [1.165, 1.54) is 6.08 Å². The number of amides is 1. The lowest BCUT2D eigenvalue weighted by atomic mass is 10.1. The van der Waals surface area contributed by atoms with Crippen molar-refractivity contribution in [1.82, 2.24) is 0 Å². The Morgan fingerprint density at radius 3 is 2.15 bits per heavy atom. The van der Waals surface area contributed by atoms with E-state index >= 15 is 0 Å². The van der Waals surface area contributed by atoms with Crippen molar-refractivity contribution in [3.05, 3.63) is 47.5 Å². The molecule has 0 saturated heterocycles. The number of hydrogen-bond acceptors (Lipinski definition) is 6. The van der Waals surface area contributed by atoms with E-state index in [0.29, 0.717) is 60.7 Å². The van der Waals surface area contributed by atoms with Crippen LogP contribution in [0.1, 0.15) is 5.56 Å². The summed E-state index contributed by atoms with van der Waals surface area (Å²) in [6, 6.07) is 12.3.